The van der Waals surface area contributed by atoms with Crippen LogP contribution in [-0.4, -0.2) is 22.6 Å². The zero-order valence-electron chi connectivity index (χ0n) is 9.60. The zero-order chi connectivity index (χ0) is 11.5. The lowest BCUT2D eigenvalue weighted by atomic mass is 10.1. The van der Waals surface area contributed by atoms with Gasteiger partial charge >= 0.3 is 0 Å². The molecule has 2 aromatic heterocycles. The molecule has 2 aromatic rings. The van der Waals surface area contributed by atoms with Crippen molar-refractivity contribution < 1.29 is 0 Å². The van der Waals surface area contributed by atoms with Crippen molar-refractivity contribution in [3.05, 3.63) is 41.0 Å². The van der Waals surface area contributed by atoms with Crippen LogP contribution in [0.2, 0.25) is 0 Å². The topological polar surface area (TPSA) is 29.9 Å². The first-order valence-electron chi connectivity index (χ1n) is 5.85. The first-order valence-corrected chi connectivity index (χ1v) is 6.79. The van der Waals surface area contributed by atoms with E-state index in [1.54, 1.807) is 11.3 Å². The van der Waals surface area contributed by atoms with E-state index in [1.165, 1.54) is 16.8 Å². The minimum absolute atomic E-state index is 0.965. The molecule has 0 aliphatic carbocycles. The van der Waals surface area contributed by atoms with Crippen LogP contribution in [0.3, 0.4) is 0 Å². The molecule has 0 amide bonds. The van der Waals surface area contributed by atoms with E-state index < -0.39 is 0 Å². The van der Waals surface area contributed by atoms with E-state index in [0.717, 1.165) is 26.1 Å². The van der Waals surface area contributed by atoms with Crippen LogP contribution in [0.5, 0.6) is 0 Å². The van der Waals surface area contributed by atoms with E-state index in [-0.39, 0.29) is 0 Å². The highest BCUT2D eigenvalue weighted by Crippen LogP contribution is 2.23. The summed E-state index contributed by atoms with van der Waals surface area (Å²) >= 11 is 1.73. The van der Waals surface area contributed by atoms with E-state index in [4.69, 9.17) is 0 Å². The SMILES string of the molecule is C1=C(Cn2cncc2-c2ccsc2)CCNC1. The molecule has 0 saturated carbocycles. The predicted octanol–water partition coefficient (Wildman–Crippen LogP) is 2.53. The third-order valence-electron chi connectivity index (χ3n) is 3.06. The summed E-state index contributed by atoms with van der Waals surface area (Å²) in [6, 6.07) is 2.15. The summed E-state index contributed by atoms with van der Waals surface area (Å²) in [5, 5.41) is 7.62. The molecular formula is C13H15N3S. The zero-order valence-corrected chi connectivity index (χ0v) is 10.4. The van der Waals surface area contributed by atoms with Crippen LogP contribution in [0.1, 0.15) is 6.42 Å². The summed E-state index contributed by atoms with van der Waals surface area (Å²) in [6.45, 7) is 3.05. The van der Waals surface area contributed by atoms with Gasteiger partial charge in [-0.3, -0.25) is 0 Å². The fourth-order valence-electron chi connectivity index (χ4n) is 2.13. The first-order chi connectivity index (χ1) is 8.43. The van der Waals surface area contributed by atoms with Gasteiger partial charge in [-0.25, -0.2) is 4.98 Å². The van der Waals surface area contributed by atoms with Gasteiger partial charge in [0.2, 0.25) is 0 Å². The Morgan fingerprint density at radius 2 is 2.47 bits per heavy atom. The molecule has 0 atom stereocenters. The number of hydrogen-bond acceptors (Lipinski definition) is 3. The molecule has 0 unspecified atom stereocenters. The summed E-state index contributed by atoms with van der Waals surface area (Å²) in [4.78, 5) is 4.27. The average molecular weight is 245 g/mol. The van der Waals surface area contributed by atoms with Crippen molar-refractivity contribution in [2.45, 2.75) is 13.0 Å². The van der Waals surface area contributed by atoms with Crippen LogP contribution in [0.25, 0.3) is 11.3 Å². The summed E-state index contributed by atoms with van der Waals surface area (Å²) in [5.74, 6) is 0. The van der Waals surface area contributed by atoms with Gasteiger partial charge in [-0.15, -0.1) is 0 Å². The monoisotopic (exact) mass is 245 g/mol. The molecule has 3 rings (SSSR count). The second-order valence-corrected chi connectivity index (χ2v) is 5.02. The van der Waals surface area contributed by atoms with Crippen LogP contribution < -0.4 is 5.32 Å². The molecule has 0 aromatic carbocycles. The van der Waals surface area contributed by atoms with Crippen molar-refractivity contribution >= 4 is 11.3 Å². The van der Waals surface area contributed by atoms with Gasteiger partial charge in [-0.05, 0) is 24.4 Å². The van der Waals surface area contributed by atoms with Gasteiger partial charge in [0.1, 0.15) is 0 Å². The fraction of sp³-hybridized carbons (Fsp3) is 0.308. The minimum Gasteiger partial charge on any atom is -0.326 e. The Balaban J connectivity index is 1.84. The van der Waals surface area contributed by atoms with Crippen molar-refractivity contribution in [1.29, 1.82) is 0 Å². The second-order valence-electron chi connectivity index (χ2n) is 4.24. The Labute approximate surface area is 105 Å². The molecule has 88 valence electrons. The Bertz CT molecular complexity index is 511. The molecule has 0 spiro atoms. The van der Waals surface area contributed by atoms with Crippen molar-refractivity contribution in [3.63, 3.8) is 0 Å². The average Bonchev–Trinajstić information content (AvgIpc) is 3.00. The van der Waals surface area contributed by atoms with Crippen molar-refractivity contribution in [3.8, 4) is 11.3 Å². The lowest BCUT2D eigenvalue weighted by molar-refractivity contribution is 0.652. The second kappa shape index (κ2) is 4.85. The molecule has 3 heterocycles. The summed E-state index contributed by atoms with van der Waals surface area (Å²) in [6.07, 6.45) is 7.31. The third-order valence-corrected chi connectivity index (χ3v) is 3.74. The Morgan fingerprint density at radius 1 is 1.47 bits per heavy atom. The molecule has 0 bridgehead atoms. The number of nitrogens with one attached hydrogen (secondary N) is 1. The van der Waals surface area contributed by atoms with E-state index >= 15 is 0 Å². The summed E-state index contributed by atoms with van der Waals surface area (Å²) < 4.78 is 2.24. The van der Waals surface area contributed by atoms with E-state index in [9.17, 15) is 0 Å². The normalized spacial score (nSPS) is 15.9. The third kappa shape index (κ3) is 2.33. The smallest absolute Gasteiger partial charge is 0.0954 e. The lowest BCUT2D eigenvalue weighted by Gasteiger charge is -2.15. The van der Waals surface area contributed by atoms with Gasteiger partial charge in [0.05, 0.1) is 18.2 Å². The van der Waals surface area contributed by atoms with Gasteiger partial charge < -0.3 is 9.88 Å². The van der Waals surface area contributed by atoms with Crippen molar-refractivity contribution in [2.24, 2.45) is 0 Å². The standard InChI is InChI=1S/C13H15N3S/c1-4-14-5-2-11(1)8-16-10-15-7-13(16)12-3-6-17-9-12/h1,3,6-7,9-10,14H,2,4-5,8H2. The van der Waals surface area contributed by atoms with E-state index in [1.807, 2.05) is 12.5 Å². The van der Waals surface area contributed by atoms with Gasteiger partial charge in [0.25, 0.3) is 0 Å². The molecule has 1 aliphatic heterocycles. The minimum atomic E-state index is 0.965. The highest BCUT2D eigenvalue weighted by Gasteiger charge is 2.08. The number of hydrogen-bond donors (Lipinski definition) is 1. The van der Waals surface area contributed by atoms with Gasteiger partial charge in [-0.2, -0.15) is 11.3 Å². The molecule has 4 heteroatoms. The van der Waals surface area contributed by atoms with Crippen LogP contribution in [-0.2, 0) is 6.54 Å². The predicted molar refractivity (Wildman–Crippen MR) is 71.1 cm³/mol. The number of imidazole rings is 1. The Hall–Kier alpha value is -1.39. The van der Waals surface area contributed by atoms with Crippen molar-refractivity contribution in [2.75, 3.05) is 13.1 Å². The van der Waals surface area contributed by atoms with Crippen LogP contribution in [0.4, 0.5) is 0 Å². The van der Waals surface area contributed by atoms with Gasteiger partial charge in [-0.1, -0.05) is 11.6 Å². The van der Waals surface area contributed by atoms with E-state index in [2.05, 4.69) is 37.8 Å². The largest absolute Gasteiger partial charge is 0.326 e. The number of thiophene rings is 1. The highest BCUT2D eigenvalue weighted by molar-refractivity contribution is 7.08. The summed E-state index contributed by atoms with van der Waals surface area (Å²) in [5.41, 5.74) is 3.98. The molecule has 17 heavy (non-hydrogen) atoms. The molecule has 0 saturated heterocycles. The maximum Gasteiger partial charge on any atom is 0.0954 e. The molecule has 0 fully saturated rings. The number of rotatable bonds is 3. The fourth-order valence-corrected chi connectivity index (χ4v) is 2.78. The number of aromatic nitrogens is 2. The maximum absolute atomic E-state index is 4.27. The molecule has 0 radical (unpaired) electrons. The first kappa shape index (κ1) is 10.7. The summed E-state index contributed by atoms with van der Waals surface area (Å²) in [7, 11) is 0. The van der Waals surface area contributed by atoms with Crippen LogP contribution in [0.15, 0.2) is 41.0 Å². The van der Waals surface area contributed by atoms with Crippen LogP contribution in [0, 0.1) is 0 Å². The van der Waals surface area contributed by atoms with Gasteiger partial charge in [0, 0.05) is 24.0 Å². The quantitative estimate of drug-likeness (QED) is 0.842. The molecular weight excluding hydrogens is 230 g/mol. The lowest BCUT2D eigenvalue weighted by Crippen LogP contribution is -2.22. The molecule has 1 N–H and O–H groups in total. The number of nitrogens with zero attached hydrogens (tertiary/aromatic N) is 2. The van der Waals surface area contributed by atoms with E-state index in [0.29, 0.717) is 0 Å². The highest BCUT2D eigenvalue weighted by atomic mass is 32.1. The van der Waals surface area contributed by atoms with Crippen molar-refractivity contribution in [1.82, 2.24) is 14.9 Å². The molecule has 3 nitrogen and oxygen atoms in total. The molecule has 1 aliphatic rings. The Morgan fingerprint density at radius 3 is 3.24 bits per heavy atom. The van der Waals surface area contributed by atoms with Crippen LogP contribution >= 0.6 is 11.3 Å². The maximum atomic E-state index is 4.27. The van der Waals surface area contributed by atoms with Gasteiger partial charge in [0.15, 0.2) is 0 Å². The Kier molecular flexibility index (Phi) is 3.07.